The molecule has 26 heavy (non-hydrogen) atoms. The number of halogens is 1. The molecule has 2 aromatic rings. The Hall–Kier alpha value is -2.24. The Morgan fingerprint density at radius 1 is 1.15 bits per heavy atom. The standard InChI is InChI=1S/C20H25N3O2.ClH/c1-25-19-5-3-2-4-18(19)23-12-10-17(11-13-23)22-20(24)16-8-6-15(14-21)7-9-16;/h2-9,17H,10-14,21H2,1H3,(H,22,24);1H. The first-order valence-electron chi connectivity index (χ1n) is 8.69. The summed E-state index contributed by atoms with van der Waals surface area (Å²) in [5.41, 5.74) is 8.42. The Kier molecular flexibility index (Phi) is 7.30. The minimum absolute atomic E-state index is 0. The maximum Gasteiger partial charge on any atom is 0.251 e. The highest BCUT2D eigenvalue weighted by Gasteiger charge is 2.22. The number of carbonyl (C=O) groups is 1. The van der Waals surface area contributed by atoms with Gasteiger partial charge in [-0.15, -0.1) is 12.4 Å². The largest absolute Gasteiger partial charge is 0.495 e. The summed E-state index contributed by atoms with van der Waals surface area (Å²) in [6.45, 7) is 2.29. The third kappa shape index (κ3) is 4.68. The first kappa shape index (κ1) is 20.1. The Bertz CT molecular complexity index is 713. The van der Waals surface area contributed by atoms with Crippen molar-refractivity contribution in [1.82, 2.24) is 5.32 Å². The number of para-hydroxylation sites is 2. The van der Waals surface area contributed by atoms with E-state index in [9.17, 15) is 4.79 Å². The van der Waals surface area contributed by atoms with E-state index >= 15 is 0 Å². The number of amides is 1. The average Bonchev–Trinajstić information content (AvgIpc) is 2.68. The van der Waals surface area contributed by atoms with Gasteiger partial charge in [0.25, 0.3) is 5.91 Å². The number of rotatable bonds is 5. The second kappa shape index (κ2) is 9.46. The van der Waals surface area contributed by atoms with Crippen LogP contribution in [-0.4, -0.2) is 32.1 Å². The Morgan fingerprint density at radius 3 is 2.42 bits per heavy atom. The molecular formula is C20H26ClN3O2. The topological polar surface area (TPSA) is 67.6 Å². The van der Waals surface area contributed by atoms with Crippen molar-refractivity contribution >= 4 is 24.0 Å². The fourth-order valence-electron chi connectivity index (χ4n) is 3.22. The number of piperidine rings is 1. The number of nitrogens with zero attached hydrogens (tertiary/aromatic N) is 1. The first-order valence-corrected chi connectivity index (χ1v) is 8.69. The minimum Gasteiger partial charge on any atom is -0.495 e. The van der Waals surface area contributed by atoms with Crippen LogP contribution in [0.25, 0.3) is 0 Å². The summed E-state index contributed by atoms with van der Waals surface area (Å²) in [5, 5.41) is 3.15. The van der Waals surface area contributed by atoms with Crippen molar-refractivity contribution in [2.45, 2.75) is 25.4 Å². The lowest BCUT2D eigenvalue weighted by atomic mass is 10.0. The maximum absolute atomic E-state index is 12.4. The van der Waals surface area contributed by atoms with E-state index in [1.165, 1.54) is 0 Å². The van der Waals surface area contributed by atoms with E-state index in [1.807, 2.05) is 42.5 Å². The molecular weight excluding hydrogens is 350 g/mol. The van der Waals surface area contributed by atoms with Crippen LogP contribution in [0.5, 0.6) is 5.75 Å². The van der Waals surface area contributed by atoms with Gasteiger partial charge in [-0.2, -0.15) is 0 Å². The molecule has 1 fully saturated rings. The van der Waals surface area contributed by atoms with Gasteiger partial charge in [-0.05, 0) is 42.7 Å². The zero-order valence-corrected chi connectivity index (χ0v) is 15.8. The van der Waals surface area contributed by atoms with Crippen molar-refractivity contribution in [2.75, 3.05) is 25.1 Å². The smallest absolute Gasteiger partial charge is 0.251 e. The second-order valence-electron chi connectivity index (χ2n) is 6.31. The zero-order chi connectivity index (χ0) is 17.6. The highest BCUT2D eigenvalue weighted by atomic mass is 35.5. The molecule has 0 aromatic heterocycles. The fourth-order valence-corrected chi connectivity index (χ4v) is 3.22. The number of carbonyl (C=O) groups excluding carboxylic acids is 1. The molecule has 3 N–H and O–H groups in total. The van der Waals surface area contributed by atoms with Gasteiger partial charge in [-0.25, -0.2) is 0 Å². The summed E-state index contributed by atoms with van der Waals surface area (Å²) in [5.74, 6) is 0.879. The van der Waals surface area contributed by atoms with Crippen LogP contribution in [0.4, 0.5) is 5.69 Å². The van der Waals surface area contributed by atoms with Gasteiger partial charge in [0.05, 0.1) is 12.8 Å². The van der Waals surface area contributed by atoms with Crippen LogP contribution >= 0.6 is 12.4 Å². The van der Waals surface area contributed by atoms with Crippen molar-refractivity contribution in [3.05, 3.63) is 59.7 Å². The molecule has 1 amide bonds. The van der Waals surface area contributed by atoms with Crippen LogP contribution in [0.2, 0.25) is 0 Å². The van der Waals surface area contributed by atoms with E-state index in [4.69, 9.17) is 10.5 Å². The summed E-state index contributed by atoms with van der Waals surface area (Å²) in [6, 6.07) is 15.7. The molecule has 6 heteroatoms. The fraction of sp³-hybridized carbons (Fsp3) is 0.350. The van der Waals surface area contributed by atoms with Crippen molar-refractivity contribution in [3.8, 4) is 5.75 Å². The van der Waals surface area contributed by atoms with Crippen molar-refractivity contribution < 1.29 is 9.53 Å². The predicted octanol–water partition coefficient (Wildman–Crippen LogP) is 2.97. The second-order valence-corrected chi connectivity index (χ2v) is 6.31. The SMILES string of the molecule is COc1ccccc1N1CCC(NC(=O)c2ccc(CN)cc2)CC1.Cl. The van der Waals surface area contributed by atoms with Gasteiger partial charge in [0, 0.05) is 31.2 Å². The van der Waals surface area contributed by atoms with Crippen LogP contribution in [0.3, 0.4) is 0 Å². The molecule has 0 saturated carbocycles. The van der Waals surface area contributed by atoms with Gasteiger partial charge in [-0.3, -0.25) is 4.79 Å². The summed E-state index contributed by atoms with van der Waals surface area (Å²) in [6.07, 6.45) is 1.84. The molecule has 0 unspecified atom stereocenters. The highest BCUT2D eigenvalue weighted by Crippen LogP contribution is 2.29. The summed E-state index contributed by atoms with van der Waals surface area (Å²) in [7, 11) is 1.70. The van der Waals surface area contributed by atoms with Gasteiger partial charge in [0.2, 0.25) is 0 Å². The maximum atomic E-state index is 12.4. The van der Waals surface area contributed by atoms with Crippen LogP contribution in [-0.2, 0) is 6.54 Å². The van der Waals surface area contributed by atoms with Crippen LogP contribution in [0, 0.1) is 0 Å². The van der Waals surface area contributed by atoms with E-state index in [0.717, 1.165) is 42.9 Å². The summed E-state index contributed by atoms with van der Waals surface area (Å²) in [4.78, 5) is 14.7. The molecule has 1 heterocycles. The van der Waals surface area contributed by atoms with Crippen LogP contribution < -0.4 is 20.7 Å². The molecule has 0 spiro atoms. The Morgan fingerprint density at radius 2 is 1.81 bits per heavy atom. The number of benzene rings is 2. The van der Waals surface area contributed by atoms with Crippen LogP contribution in [0.1, 0.15) is 28.8 Å². The molecule has 1 saturated heterocycles. The lowest BCUT2D eigenvalue weighted by Gasteiger charge is -2.34. The number of nitrogens with one attached hydrogen (secondary N) is 1. The van der Waals surface area contributed by atoms with Gasteiger partial charge < -0.3 is 20.7 Å². The number of nitrogens with two attached hydrogens (primary N) is 1. The monoisotopic (exact) mass is 375 g/mol. The molecule has 140 valence electrons. The van der Waals surface area contributed by atoms with E-state index in [2.05, 4.69) is 16.3 Å². The Balaban J connectivity index is 0.00000243. The van der Waals surface area contributed by atoms with Crippen LogP contribution in [0.15, 0.2) is 48.5 Å². The van der Waals surface area contributed by atoms with Gasteiger partial charge in [0.15, 0.2) is 0 Å². The average molecular weight is 376 g/mol. The number of methoxy groups -OCH3 is 1. The van der Waals surface area contributed by atoms with Crippen molar-refractivity contribution in [1.29, 1.82) is 0 Å². The molecule has 0 radical (unpaired) electrons. The van der Waals surface area contributed by atoms with E-state index in [0.29, 0.717) is 12.1 Å². The van der Waals surface area contributed by atoms with Crippen molar-refractivity contribution in [2.24, 2.45) is 5.73 Å². The summed E-state index contributed by atoms with van der Waals surface area (Å²) >= 11 is 0. The van der Waals surface area contributed by atoms with E-state index in [-0.39, 0.29) is 24.4 Å². The van der Waals surface area contributed by atoms with Gasteiger partial charge in [0.1, 0.15) is 5.75 Å². The first-order chi connectivity index (χ1) is 12.2. The van der Waals surface area contributed by atoms with Crippen molar-refractivity contribution in [3.63, 3.8) is 0 Å². The molecule has 5 nitrogen and oxygen atoms in total. The lowest BCUT2D eigenvalue weighted by Crippen LogP contribution is -2.44. The third-order valence-corrected chi connectivity index (χ3v) is 4.71. The molecule has 0 atom stereocenters. The summed E-state index contributed by atoms with van der Waals surface area (Å²) < 4.78 is 5.45. The van der Waals surface area contributed by atoms with Gasteiger partial charge in [-0.1, -0.05) is 24.3 Å². The zero-order valence-electron chi connectivity index (χ0n) is 15.0. The number of anilines is 1. The number of hydrogen-bond donors (Lipinski definition) is 2. The van der Waals surface area contributed by atoms with E-state index < -0.39 is 0 Å². The highest BCUT2D eigenvalue weighted by molar-refractivity contribution is 5.94. The Labute approximate surface area is 160 Å². The molecule has 0 aliphatic carbocycles. The third-order valence-electron chi connectivity index (χ3n) is 4.71. The quantitative estimate of drug-likeness (QED) is 0.843. The predicted molar refractivity (Wildman–Crippen MR) is 107 cm³/mol. The molecule has 0 bridgehead atoms. The minimum atomic E-state index is -0.0145. The normalized spacial score (nSPS) is 14.5. The molecule has 3 rings (SSSR count). The molecule has 1 aliphatic rings. The van der Waals surface area contributed by atoms with E-state index in [1.54, 1.807) is 7.11 Å². The lowest BCUT2D eigenvalue weighted by molar-refractivity contribution is 0.0931. The number of hydrogen-bond acceptors (Lipinski definition) is 4. The number of ether oxygens (including phenoxy) is 1. The molecule has 2 aromatic carbocycles. The molecule has 1 aliphatic heterocycles. The van der Waals surface area contributed by atoms with Gasteiger partial charge >= 0.3 is 0 Å².